The van der Waals surface area contributed by atoms with Crippen LogP contribution < -0.4 is 4.74 Å². The van der Waals surface area contributed by atoms with Crippen LogP contribution in [-0.4, -0.2) is 18.8 Å². The number of pyridine rings is 2. The third-order valence-corrected chi connectivity index (χ3v) is 10.8. The summed E-state index contributed by atoms with van der Waals surface area (Å²) in [6, 6.07) is 49.4. The summed E-state index contributed by atoms with van der Waals surface area (Å²) >= 11 is 0. The van der Waals surface area contributed by atoms with Crippen molar-refractivity contribution in [1.82, 2.24) is 18.8 Å². The zero-order valence-electron chi connectivity index (χ0n) is 29.0. The minimum Gasteiger partial charge on any atom is -0.457 e. The molecule has 0 aliphatic carbocycles. The number of fused-ring (bicyclic) bond motifs is 16. The van der Waals surface area contributed by atoms with Gasteiger partial charge in [0.1, 0.15) is 22.8 Å². The van der Waals surface area contributed by atoms with Gasteiger partial charge in [-0.3, -0.25) is 8.80 Å². The minimum absolute atomic E-state index is 0.757. The highest BCUT2D eigenvalue weighted by Gasteiger charge is 2.18. The Morgan fingerprint density at radius 1 is 0.423 bits per heavy atom. The SMILES string of the molecule is Cc1cc(C)c(-c2ccc3c4ccc(Oc5ccc6c7ccccc7n7c8ccccc8nc7c6c5)cc4c4nc5ccccc5n4c3c2)c(C)c1. The fourth-order valence-electron chi connectivity index (χ4n) is 8.68. The van der Waals surface area contributed by atoms with Crippen molar-refractivity contribution in [2.45, 2.75) is 20.8 Å². The predicted octanol–water partition coefficient (Wildman–Crippen LogP) is 12.3. The molecule has 4 heterocycles. The highest BCUT2D eigenvalue weighted by Crippen LogP contribution is 2.40. The van der Waals surface area contributed by atoms with E-state index in [1.807, 2.05) is 6.07 Å². The van der Waals surface area contributed by atoms with Gasteiger partial charge in [0.25, 0.3) is 0 Å². The topological polar surface area (TPSA) is 43.8 Å². The molecule has 52 heavy (non-hydrogen) atoms. The van der Waals surface area contributed by atoms with E-state index < -0.39 is 0 Å². The summed E-state index contributed by atoms with van der Waals surface area (Å²) in [4.78, 5) is 10.3. The van der Waals surface area contributed by atoms with Gasteiger partial charge in [0.15, 0.2) is 0 Å². The number of aromatic nitrogens is 4. The number of aryl methyl sites for hydroxylation is 3. The quantitative estimate of drug-likeness (QED) is 0.176. The van der Waals surface area contributed by atoms with E-state index in [1.165, 1.54) is 38.6 Å². The van der Waals surface area contributed by atoms with E-state index in [2.05, 4.69) is 163 Å². The molecule has 11 aromatic rings. The standard InChI is InChI=1S/C47H32N4O/c1-27-22-28(2)45(29(3)23-27)30-16-19-36-34-21-18-32(26-38(34)47-49-40-12-6-9-15-43(40)51(47)44(36)24-30)52-31-17-20-33-35-10-4-7-13-41(35)50-42-14-8-5-11-39(42)48-46(50)37(33)25-31/h4-26H,1-3H3. The fraction of sp³-hybridized carbons (Fsp3) is 0.0638. The van der Waals surface area contributed by atoms with Crippen LogP contribution in [0.2, 0.25) is 0 Å². The molecule has 11 rings (SSSR count). The number of rotatable bonds is 3. The predicted molar refractivity (Wildman–Crippen MR) is 215 cm³/mol. The smallest absolute Gasteiger partial charge is 0.146 e. The summed E-state index contributed by atoms with van der Waals surface area (Å²) in [6.07, 6.45) is 0. The van der Waals surface area contributed by atoms with Gasteiger partial charge >= 0.3 is 0 Å². The van der Waals surface area contributed by atoms with Crippen LogP contribution in [0.1, 0.15) is 16.7 Å². The Bertz CT molecular complexity index is 3290. The van der Waals surface area contributed by atoms with Crippen molar-refractivity contribution in [3.05, 3.63) is 156 Å². The van der Waals surface area contributed by atoms with Gasteiger partial charge in [-0.1, -0.05) is 72.3 Å². The molecular formula is C47H32N4O. The average Bonchev–Trinajstić information content (AvgIpc) is 3.75. The van der Waals surface area contributed by atoms with Crippen LogP contribution in [0.25, 0.3) is 87.8 Å². The Kier molecular flexibility index (Phi) is 5.95. The van der Waals surface area contributed by atoms with Gasteiger partial charge in [-0.05, 0) is 127 Å². The number of para-hydroxylation sites is 5. The van der Waals surface area contributed by atoms with E-state index in [-0.39, 0.29) is 0 Å². The van der Waals surface area contributed by atoms with Crippen molar-refractivity contribution in [2.24, 2.45) is 0 Å². The molecule has 0 spiro atoms. The van der Waals surface area contributed by atoms with Crippen LogP contribution in [0, 0.1) is 20.8 Å². The van der Waals surface area contributed by atoms with Crippen LogP contribution in [0.3, 0.4) is 0 Å². The molecule has 5 heteroatoms. The first-order valence-corrected chi connectivity index (χ1v) is 17.7. The number of hydrogen-bond acceptors (Lipinski definition) is 3. The van der Waals surface area contributed by atoms with Crippen LogP contribution in [-0.2, 0) is 0 Å². The van der Waals surface area contributed by atoms with Gasteiger partial charge in [-0.2, -0.15) is 0 Å². The molecule has 246 valence electrons. The molecule has 0 bridgehead atoms. The average molecular weight is 669 g/mol. The second-order valence-corrected chi connectivity index (χ2v) is 14.1. The van der Waals surface area contributed by atoms with E-state index >= 15 is 0 Å². The van der Waals surface area contributed by atoms with Crippen molar-refractivity contribution in [3.8, 4) is 22.6 Å². The van der Waals surface area contributed by atoms with E-state index in [0.717, 1.165) is 77.4 Å². The van der Waals surface area contributed by atoms with Crippen LogP contribution >= 0.6 is 0 Å². The van der Waals surface area contributed by atoms with Gasteiger partial charge in [0, 0.05) is 21.5 Å². The third-order valence-electron chi connectivity index (χ3n) is 10.8. The molecule has 5 nitrogen and oxygen atoms in total. The van der Waals surface area contributed by atoms with E-state index in [1.54, 1.807) is 0 Å². The van der Waals surface area contributed by atoms with Gasteiger partial charge in [0.2, 0.25) is 0 Å². The van der Waals surface area contributed by atoms with Gasteiger partial charge in [0.05, 0.1) is 33.1 Å². The lowest BCUT2D eigenvalue weighted by Gasteiger charge is -2.15. The molecule has 7 aromatic carbocycles. The molecule has 0 aliphatic rings. The number of nitrogens with zero attached hydrogens (tertiary/aromatic N) is 4. The normalized spacial score (nSPS) is 12.1. The molecule has 0 N–H and O–H groups in total. The summed E-state index contributed by atoms with van der Waals surface area (Å²) in [5, 5.41) is 6.75. The zero-order valence-corrected chi connectivity index (χ0v) is 29.0. The maximum Gasteiger partial charge on any atom is 0.146 e. The second-order valence-electron chi connectivity index (χ2n) is 14.1. The van der Waals surface area contributed by atoms with Gasteiger partial charge < -0.3 is 4.74 Å². The zero-order chi connectivity index (χ0) is 34.7. The summed E-state index contributed by atoms with van der Waals surface area (Å²) < 4.78 is 11.3. The first kappa shape index (κ1) is 29.1. The fourth-order valence-corrected chi connectivity index (χ4v) is 8.68. The molecule has 0 amide bonds. The van der Waals surface area contributed by atoms with Crippen molar-refractivity contribution in [3.63, 3.8) is 0 Å². The number of hydrogen-bond donors (Lipinski definition) is 0. The monoisotopic (exact) mass is 668 g/mol. The number of imidazole rings is 2. The maximum atomic E-state index is 6.70. The molecule has 0 saturated heterocycles. The maximum absolute atomic E-state index is 6.70. The van der Waals surface area contributed by atoms with Crippen LogP contribution in [0.15, 0.2) is 140 Å². The van der Waals surface area contributed by atoms with Gasteiger partial charge in [-0.15, -0.1) is 0 Å². The number of benzene rings is 7. The van der Waals surface area contributed by atoms with Crippen LogP contribution in [0.5, 0.6) is 11.5 Å². The summed E-state index contributed by atoms with van der Waals surface area (Å²) in [5.74, 6) is 1.52. The number of ether oxygens (including phenoxy) is 1. The van der Waals surface area contributed by atoms with E-state index in [0.29, 0.717) is 0 Å². The molecule has 0 atom stereocenters. The largest absolute Gasteiger partial charge is 0.457 e. The summed E-state index contributed by atoms with van der Waals surface area (Å²) in [6.45, 7) is 6.58. The Morgan fingerprint density at radius 3 is 1.54 bits per heavy atom. The highest BCUT2D eigenvalue weighted by molar-refractivity contribution is 6.16. The molecule has 0 unspecified atom stereocenters. The summed E-state index contributed by atoms with van der Waals surface area (Å²) in [7, 11) is 0. The first-order valence-electron chi connectivity index (χ1n) is 17.7. The first-order chi connectivity index (χ1) is 25.5. The van der Waals surface area contributed by atoms with Gasteiger partial charge in [-0.25, -0.2) is 9.97 Å². The molecule has 0 aliphatic heterocycles. The highest BCUT2D eigenvalue weighted by atomic mass is 16.5. The molecule has 0 fully saturated rings. The van der Waals surface area contributed by atoms with Crippen LogP contribution in [0.4, 0.5) is 0 Å². The lowest BCUT2D eigenvalue weighted by Crippen LogP contribution is -1.95. The Labute approximate surface area is 299 Å². The molecule has 0 radical (unpaired) electrons. The van der Waals surface area contributed by atoms with E-state index in [9.17, 15) is 0 Å². The van der Waals surface area contributed by atoms with Crippen molar-refractivity contribution >= 4 is 76.7 Å². The second kappa shape index (κ2) is 10.6. The lowest BCUT2D eigenvalue weighted by atomic mass is 9.92. The minimum atomic E-state index is 0.757. The molecular weight excluding hydrogens is 637 g/mol. The Balaban J connectivity index is 1.11. The van der Waals surface area contributed by atoms with Crippen molar-refractivity contribution < 1.29 is 4.74 Å². The lowest BCUT2D eigenvalue weighted by molar-refractivity contribution is 0.484. The summed E-state index contributed by atoms with van der Waals surface area (Å²) in [5.41, 5.74) is 14.6. The molecule has 0 saturated carbocycles. The van der Waals surface area contributed by atoms with Crippen molar-refractivity contribution in [1.29, 1.82) is 0 Å². The van der Waals surface area contributed by atoms with E-state index in [4.69, 9.17) is 14.7 Å². The van der Waals surface area contributed by atoms with Crippen molar-refractivity contribution in [2.75, 3.05) is 0 Å². The molecule has 4 aromatic heterocycles. The third kappa shape index (κ3) is 4.11. The Hall–Kier alpha value is -6.72. The Morgan fingerprint density at radius 2 is 0.923 bits per heavy atom.